The molecule has 7 nitrogen and oxygen atoms in total. The number of imidazole rings is 1. The molecule has 0 aliphatic rings. The maximum absolute atomic E-state index is 10.5. The Hall–Kier alpha value is -1.83. The molecule has 2 aromatic heterocycles. The van der Waals surface area contributed by atoms with Crippen molar-refractivity contribution in [2.75, 3.05) is 6.61 Å². The van der Waals surface area contributed by atoms with E-state index in [0.717, 1.165) is 23.4 Å². The molecule has 0 radical (unpaired) electrons. The molecule has 0 aromatic carbocycles. The number of hydrogen-bond acceptors (Lipinski definition) is 4. The first-order valence-electron chi connectivity index (χ1n) is 5.62. The van der Waals surface area contributed by atoms with Gasteiger partial charge in [0.2, 0.25) is 0 Å². The van der Waals surface area contributed by atoms with E-state index in [1.165, 1.54) is 0 Å². The van der Waals surface area contributed by atoms with Gasteiger partial charge >= 0.3 is 6.09 Å². The highest BCUT2D eigenvalue weighted by Crippen LogP contribution is 2.17. The monoisotopic (exact) mass is 269 g/mol. The van der Waals surface area contributed by atoms with Crippen molar-refractivity contribution in [1.29, 1.82) is 0 Å². The summed E-state index contributed by atoms with van der Waals surface area (Å²) in [4.78, 5) is 13.7. The van der Waals surface area contributed by atoms with Crippen molar-refractivity contribution >= 4 is 29.5 Å². The van der Waals surface area contributed by atoms with Crippen LogP contribution in [0.1, 0.15) is 12.6 Å². The predicted octanol–water partition coefficient (Wildman–Crippen LogP) is 1.32. The van der Waals surface area contributed by atoms with Crippen molar-refractivity contribution in [3.05, 3.63) is 10.5 Å². The van der Waals surface area contributed by atoms with Gasteiger partial charge in [-0.15, -0.1) is 0 Å². The normalized spacial score (nSPS) is 11.0. The van der Waals surface area contributed by atoms with Crippen LogP contribution < -0.4 is 5.73 Å². The van der Waals surface area contributed by atoms with E-state index in [-0.39, 0.29) is 6.61 Å². The van der Waals surface area contributed by atoms with Gasteiger partial charge in [0, 0.05) is 6.54 Å². The zero-order valence-electron chi connectivity index (χ0n) is 10.3. The molecule has 0 atom stereocenters. The maximum atomic E-state index is 10.5. The van der Waals surface area contributed by atoms with E-state index >= 15 is 0 Å². The molecule has 0 aliphatic heterocycles. The Balaban J connectivity index is 2.39. The molecule has 3 N–H and O–H groups in total. The fourth-order valence-electron chi connectivity index (χ4n) is 1.93. The van der Waals surface area contributed by atoms with Gasteiger partial charge < -0.3 is 15.5 Å². The molecule has 0 saturated heterocycles. The summed E-state index contributed by atoms with van der Waals surface area (Å²) in [5.74, 6) is 0. The third-order valence-corrected chi connectivity index (χ3v) is 3.01. The van der Waals surface area contributed by atoms with Crippen molar-refractivity contribution in [2.45, 2.75) is 26.9 Å². The Bertz CT molecular complexity index is 639. The number of carbonyl (C=O) groups is 1. The predicted molar refractivity (Wildman–Crippen MR) is 68.9 cm³/mol. The summed E-state index contributed by atoms with van der Waals surface area (Å²) in [5.41, 5.74) is 7.64. The fourth-order valence-corrected chi connectivity index (χ4v) is 2.21. The van der Waals surface area contributed by atoms with Crippen LogP contribution in [0, 0.1) is 11.7 Å². The summed E-state index contributed by atoms with van der Waals surface area (Å²) in [5, 5.41) is 4.40. The second-order valence-corrected chi connectivity index (χ2v) is 4.24. The van der Waals surface area contributed by atoms with Crippen molar-refractivity contribution in [2.24, 2.45) is 5.73 Å². The number of fused-ring (bicyclic) bond motifs is 1. The number of nitrogens with zero attached hydrogens (tertiary/aromatic N) is 3. The minimum Gasteiger partial charge on any atom is -0.448 e. The molecule has 1 amide bonds. The zero-order chi connectivity index (χ0) is 13.3. The summed E-state index contributed by atoms with van der Waals surface area (Å²) in [7, 11) is 0. The average molecular weight is 269 g/mol. The number of aromatic nitrogens is 4. The first-order chi connectivity index (χ1) is 8.54. The quantitative estimate of drug-likeness (QED) is 0.819. The molecule has 18 heavy (non-hydrogen) atoms. The molecule has 0 aliphatic carbocycles. The van der Waals surface area contributed by atoms with E-state index in [1.807, 2.05) is 23.1 Å². The number of ether oxygens (including phenoxy) is 1. The number of aromatic amines is 1. The number of nitrogens with one attached hydrogen (secondary N) is 1. The smallest absolute Gasteiger partial charge is 0.404 e. The maximum Gasteiger partial charge on any atom is 0.404 e. The lowest BCUT2D eigenvalue weighted by Gasteiger charge is -2.05. The van der Waals surface area contributed by atoms with Gasteiger partial charge in [-0.2, -0.15) is 5.10 Å². The number of hydrogen-bond donors (Lipinski definition) is 2. The Morgan fingerprint density at radius 2 is 2.33 bits per heavy atom. The SMILES string of the molecule is CCn1nc(C)c2[nH]c(=S)n(CCOC(N)=O)c21. The van der Waals surface area contributed by atoms with Gasteiger partial charge in [-0.05, 0) is 26.1 Å². The summed E-state index contributed by atoms with van der Waals surface area (Å²) < 4.78 is 9.03. The Kier molecular flexibility index (Phi) is 3.37. The van der Waals surface area contributed by atoms with E-state index in [1.54, 1.807) is 0 Å². The second-order valence-electron chi connectivity index (χ2n) is 3.85. The second kappa shape index (κ2) is 4.81. The largest absolute Gasteiger partial charge is 0.448 e. The topological polar surface area (TPSA) is 90.9 Å². The fraction of sp³-hybridized carbons (Fsp3) is 0.500. The number of rotatable bonds is 4. The zero-order valence-corrected chi connectivity index (χ0v) is 11.1. The Labute approximate surface area is 109 Å². The Morgan fingerprint density at radius 3 is 2.94 bits per heavy atom. The molecule has 0 unspecified atom stereocenters. The summed E-state index contributed by atoms with van der Waals surface area (Å²) in [6.07, 6.45) is -0.784. The molecule has 0 bridgehead atoms. The van der Waals surface area contributed by atoms with Crippen LogP contribution in [0.4, 0.5) is 4.79 Å². The standard InChI is InChI=1S/C10H15N5O2S/c1-3-15-8-7(6(2)13-15)12-10(18)14(8)4-5-17-9(11)16/h3-5H2,1-2H3,(H2,11,16)(H,12,18). The van der Waals surface area contributed by atoms with Crippen LogP contribution >= 0.6 is 12.2 Å². The molecule has 2 aromatic rings. The minimum atomic E-state index is -0.784. The van der Waals surface area contributed by atoms with E-state index in [2.05, 4.69) is 10.1 Å². The molecule has 0 fully saturated rings. The molecule has 0 spiro atoms. The third-order valence-electron chi connectivity index (χ3n) is 2.69. The summed E-state index contributed by atoms with van der Waals surface area (Å²) in [6, 6.07) is 0. The highest BCUT2D eigenvalue weighted by Gasteiger charge is 2.13. The van der Waals surface area contributed by atoms with Gasteiger partial charge in [0.25, 0.3) is 0 Å². The van der Waals surface area contributed by atoms with Crippen LogP contribution in [0.15, 0.2) is 0 Å². The number of amides is 1. The molecule has 98 valence electrons. The van der Waals surface area contributed by atoms with E-state index < -0.39 is 6.09 Å². The van der Waals surface area contributed by atoms with Crippen LogP contribution in [0.25, 0.3) is 11.2 Å². The Morgan fingerprint density at radius 1 is 1.61 bits per heavy atom. The van der Waals surface area contributed by atoms with E-state index in [0.29, 0.717) is 11.3 Å². The lowest BCUT2D eigenvalue weighted by Crippen LogP contribution is -2.17. The van der Waals surface area contributed by atoms with Crippen LogP contribution in [0.5, 0.6) is 0 Å². The number of carbonyl (C=O) groups excluding carboxylic acids is 1. The number of H-pyrrole nitrogens is 1. The molecule has 2 heterocycles. The highest BCUT2D eigenvalue weighted by molar-refractivity contribution is 7.71. The van der Waals surface area contributed by atoms with Gasteiger partial charge in [0.15, 0.2) is 10.4 Å². The van der Waals surface area contributed by atoms with Gasteiger partial charge in [-0.3, -0.25) is 4.57 Å². The minimum absolute atomic E-state index is 0.185. The molecular weight excluding hydrogens is 254 g/mol. The van der Waals surface area contributed by atoms with Gasteiger partial charge in [-0.1, -0.05) is 0 Å². The van der Waals surface area contributed by atoms with Crippen molar-refractivity contribution < 1.29 is 9.53 Å². The summed E-state index contributed by atoms with van der Waals surface area (Å²) in [6.45, 7) is 5.31. The number of nitrogens with two attached hydrogens (primary N) is 1. The third kappa shape index (κ3) is 2.10. The van der Waals surface area contributed by atoms with E-state index in [4.69, 9.17) is 22.7 Å². The highest BCUT2D eigenvalue weighted by atomic mass is 32.1. The van der Waals surface area contributed by atoms with Crippen LogP contribution in [-0.2, 0) is 17.8 Å². The average Bonchev–Trinajstić information content (AvgIpc) is 2.78. The van der Waals surface area contributed by atoms with E-state index in [9.17, 15) is 4.79 Å². The lowest BCUT2D eigenvalue weighted by molar-refractivity contribution is 0.152. The van der Waals surface area contributed by atoms with Crippen molar-refractivity contribution in [1.82, 2.24) is 19.3 Å². The first kappa shape index (κ1) is 12.6. The number of primary amides is 1. The lowest BCUT2D eigenvalue weighted by atomic mass is 10.4. The summed E-state index contributed by atoms with van der Waals surface area (Å²) >= 11 is 5.25. The first-order valence-corrected chi connectivity index (χ1v) is 6.03. The molecular formula is C10H15N5O2S. The number of aryl methyl sites for hydroxylation is 2. The van der Waals surface area contributed by atoms with Crippen molar-refractivity contribution in [3.63, 3.8) is 0 Å². The molecule has 2 rings (SSSR count). The van der Waals surface area contributed by atoms with Crippen LogP contribution in [-0.4, -0.2) is 32.0 Å². The van der Waals surface area contributed by atoms with Crippen LogP contribution in [0.3, 0.4) is 0 Å². The van der Waals surface area contributed by atoms with Gasteiger partial charge in [0.05, 0.1) is 12.2 Å². The van der Waals surface area contributed by atoms with Gasteiger partial charge in [0.1, 0.15) is 12.1 Å². The van der Waals surface area contributed by atoms with Crippen molar-refractivity contribution in [3.8, 4) is 0 Å². The molecule has 0 saturated carbocycles. The van der Waals surface area contributed by atoms with Gasteiger partial charge in [-0.25, -0.2) is 9.48 Å². The molecule has 8 heteroatoms. The van der Waals surface area contributed by atoms with Crippen LogP contribution in [0.2, 0.25) is 0 Å².